The average Bonchev–Trinajstić information content (AvgIpc) is 2.59. The normalized spacial score (nSPS) is 11.3. The molecule has 0 bridgehead atoms. The molecule has 25 heavy (non-hydrogen) atoms. The van der Waals surface area contributed by atoms with Crippen LogP contribution in [-0.4, -0.2) is 32.6 Å². The Kier molecular flexibility index (Phi) is 4.43. The Morgan fingerprint density at radius 1 is 1.00 bits per heavy atom. The number of nitrogens with two attached hydrogens (primary N) is 1. The van der Waals surface area contributed by atoms with Crippen molar-refractivity contribution in [2.45, 2.75) is 0 Å². The molecule has 0 radical (unpaired) electrons. The van der Waals surface area contributed by atoms with Crippen molar-refractivity contribution in [1.82, 2.24) is 9.97 Å². The van der Waals surface area contributed by atoms with Crippen LogP contribution < -0.4 is 19.3 Å². The van der Waals surface area contributed by atoms with Crippen molar-refractivity contribution < 1.29 is 17.9 Å². The molecule has 3 aromatic rings. The van der Waals surface area contributed by atoms with Crippen LogP contribution in [0.5, 0.6) is 11.5 Å². The van der Waals surface area contributed by atoms with E-state index in [9.17, 15) is 8.42 Å². The summed E-state index contributed by atoms with van der Waals surface area (Å²) in [6.07, 6.45) is 1.64. The van der Waals surface area contributed by atoms with Crippen molar-refractivity contribution in [1.29, 1.82) is 0 Å². The van der Waals surface area contributed by atoms with Crippen molar-refractivity contribution in [3.8, 4) is 22.8 Å². The van der Waals surface area contributed by atoms with E-state index in [4.69, 9.17) is 14.6 Å². The number of anilines is 1. The SMILES string of the molecule is COc1cc2ncc(-c3ccc(NS(N)(=O)=O)cc3)nc2cc1OC. The van der Waals surface area contributed by atoms with Crippen LogP contribution >= 0.6 is 0 Å². The zero-order valence-corrected chi connectivity index (χ0v) is 14.4. The molecule has 9 heteroatoms. The minimum Gasteiger partial charge on any atom is -0.493 e. The Balaban J connectivity index is 1.98. The van der Waals surface area contributed by atoms with Gasteiger partial charge in [0.05, 0.1) is 37.1 Å². The number of nitrogens with one attached hydrogen (secondary N) is 1. The highest BCUT2D eigenvalue weighted by Crippen LogP contribution is 2.31. The van der Waals surface area contributed by atoms with Gasteiger partial charge in [0.1, 0.15) is 0 Å². The van der Waals surface area contributed by atoms with E-state index in [1.165, 1.54) is 0 Å². The molecule has 0 fully saturated rings. The summed E-state index contributed by atoms with van der Waals surface area (Å²) in [7, 11) is -0.690. The van der Waals surface area contributed by atoms with E-state index in [-0.39, 0.29) is 0 Å². The maximum Gasteiger partial charge on any atom is 0.296 e. The molecule has 0 amide bonds. The molecule has 0 spiro atoms. The predicted octanol–water partition coefficient (Wildman–Crippen LogP) is 1.93. The Hall–Kier alpha value is -2.91. The minimum atomic E-state index is -3.80. The maximum atomic E-state index is 11.0. The second-order valence-electron chi connectivity index (χ2n) is 5.18. The Bertz CT molecular complexity index is 1020. The zero-order chi connectivity index (χ0) is 18.0. The average molecular weight is 360 g/mol. The number of ether oxygens (including phenoxy) is 2. The molecule has 0 aliphatic heterocycles. The number of fused-ring (bicyclic) bond motifs is 1. The Morgan fingerprint density at radius 3 is 2.16 bits per heavy atom. The van der Waals surface area contributed by atoms with Crippen molar-refractivity contribution in [2.75, 3.05) is 18.9 Å². The van der Waals surface area contributed by atoms with E-state index in [2.05, 4.69) is 14.7 Å². The van der Waals surface area contributed by atoms with Gasteiger partial charge in [-0.25, -0.2) is 10.1 Å². The van der Waals surface area contributed by atoms with Gasteiger partial charge in [-0.2, -0.15) is 8.42 Å². The number of methoxy groups -OCH3 is 2. The number of rotatable bonds is 5. The van der Waals surface area contributed by atoms with Gasteiger partial charge in [-0.15, -0.1) is 0 Å². The molecule has 3 N–H and O–H groups in total. The molecule has 3 rings (SSSR count). The summed E-state index contributed by atoms with van der Waals surface area (Å²) in [5.41, 5.74) is 3.12. The molecular formula is C16H16N4O4S. The number of hydrogen-bond acceptors (Lipinski definition) is 6. The monoisotopic (exact) mass is 360 g/mol. The quantitative estimate of drug-likeness (QED) is 0.718. The van der Waals surface area contributed by atoms with E-state index in [0.717, 1.165) is 5.56 Å². The first-order chi connectivity index (χ1) is 11.9. The number of benzene rings is 2. The van der Waals surface area contributed by atoms with E-state index >= 15 is 0 Å². The summed E-state index contributed by atoms with van der Waals surface area (Å²) in [5, 5.41) is 4.95. The van der Waals surface area contributed by atoms with Crippen molar-refractivity contribution >= 4 is 26.9 Å². The molecular weight excluding hydrogens is 344 g/mol. The van der Waals surface area contributed by atoms with Crippen LogP contribution in [0.4, 0.5) is 5.69 Å². The molecule has 0 saturated heterocycles. The van der Waals surface area contributed by atoms with Gasteiger partial charge < -0.3 is 9.47 Å². The second-order valence-corrected chi connectivity index (χ2v) is 6.47. The van der Waals surface area contributed by atoms with Crippen LogP contribution in [0.25, 0.3) is 22.3 Å². The smallest absolute Gasteiger partial charge is 0.296 e. The highest BCUT2D eigenvalue weighted by atomic mass is 32.2. The summed E-state index contributed by atoms with van der Waals surface area (Å²) >= 11 is 0. The molecule has 0 saturated carbocycles. The Labute approximate surface area is 144 Å². The van der Waals surface area contributed by atoms with Crippen LogP contribution in [0.1, 0.15) is 0 Å². The number of hydrogen-bond donors (Lipinski definition) is 2. The second kappa shape index (κ2) is 6.54. The third-order valence-corrected chi connectivity index (χ3v) is 4.01. The highest BCUT2D eigenvalue weighted by molar-refractivity contribution is 7.90. The highest BCUT2D eigenvalue weighted by Gasteiger charge is 2.10. The van der Waals surface area contributed by atoms with E-state index in [1.54, 1.807) is 56.8 Å². The summed E-state index contributed by atoms with van der Waals surface area (Å²) in [5.74, 6) is 1.14. The van der Waals surface area contributed by atoms with Gasteiger partial charge in [0.25, 0.3) is 10.2 Å². The molecule has 1 aromatic heterocycles. The Morgan fingerprint density at radius 2 is 1.60 bits per heavy atom. The minimum absolute atomic E-state index is 0.367. The van der Waals surface area contributed by atoms with Crippen LogP contribution in [0, 0.1) is 0 Å². The zero-order valence-electron chi connectivity index (χ0n) is 13.6. The molecule has 1 heterocycles. The maximum absolute atomic E-state index is 11.0. The molecule has 130 valence electrons. The molecule has 0 atom stereocenters. The fourth-order valence-electron chi connectivity index (χ4n) is 2.35. The summed E-state index contributed by atoms with van der Waals surface area (Å²) in [6.45, 7) is 0. The summed E-state index contributed by atoms with van der Waals surface area (Å²) in [4.78, 5) is 8.97. The van der Waals surface area contributed by atoms with Crippen LogP contribution in [0.3, 0.4) is 0 Å². The third-order valence-electron chi connectivity index (χ3n) is 3.49. The molecule has 0 unspecified atom stereocenters. The van der Waals surface area contributed by atoms with Gasteiger partial charge in [-0.1, -0.05) is 12.1 Å². The van der Waals surface area contributed by atoms with Crippen molar-refractivity contribution in [3.05, 3.63) is 42.6 Å². The van der Waals surface area contributed by atoms with Gasteiger partial charge in [0, 0.05) is 23.4 Å². The third kappa shape index (κ3) is 3.78. The van der Waals surface area contributed by atoms with Gasteiger partial charge in [-0.05, 0) is 12.1 Å². The fraction of sp³-hybridized carbons (Fsp3) is 0.125. The number of aromatic nitrogens is 2. The topological polar surface area (TPSA) is 116 Å². The lowest BCUT2D eigenvalue weighted by molar-refractivity contribution is 0.355. The van der Waals surface area contributed by atoms with E-state index in [1.807, 2.05) is 0 Å². The predicted molar refractivity (Wildman–Crippen MR) is 94.8 cm³/mol. The standard InChI is InChI=1S/C16H16N4O4S/c1-23-15-7-12-13(8-16(15)24-2)19-14(9-18-12)10-3-5-11(6-4-10)20-25(17,21)22/h3-9,20H,1-2H3,(H2,17,21,22). The van der Waals surface area contributed by atoms with Gasteiger partial charge in [-0.3, -0.25) is 9.71 Å². The molecule has 0 aliphatic carbocycles. The summed E-state index contributed by atoms with van der Waals surface area (Å²) in [6, 6.07) is 10.2. The number of nitrogens with zero attached hydrogens (tertiary/aromatic N) is 2. The summed E-state index contributed by atoms with van der Waals surface area (Å²) < 4.78 is 34.8. The van der Waals surface area contributed by atoms with E-state index < -0.39 is 10.2 Å². The van der Waals surface area contributed by atoms with Gasteiger partial charge in [0.2, 0.25) is 0 Å². The van der Waals surface area contributed by atoms with Crippen LogP contribution in [0.2, 0.25) is 0 Å². The van der Waals surface area contributed by atoms with Gasteiger partial charge in [0.15, 0.2) is 11.5 Å². The first-order valence-corrected chi connectivity index (χ1v) is 8.74. The lowest BCUT2D eigenvalue weighted by Gasteiger charge is -2.09. The molecule has 8 nitrogen and oxygen atoms in total. The van der Waals surface area contributed by atoms with Crippen LogP contribution in [-0.2, 0) is 10.2 Å². The van der Waals surface area contributed by atoms with Crippen LogP contribution in [0.15, 0.2) is 42.6 Å². The largest absolute Gasteiger partial charge is 0.493 e. The van der Waals surface area contributed by atoms with E-state index in [0.29, 0.717) is 33.9 Å². The van der Waals surface area contributed by atoms with Crippen molar-refractivity contribution in [3.63, 3.8) is 0 Å². The first-order valence-electron chi connectivity index (χ1n) is 7.19. The van der Waals surface area contributed by atoms with Crippen molar-refractivity contribution in [2.24, 2.45) is 5.14 Å². The van der Waals surface area contributed by atoms with Gasteiger partial charge >= 0.3 is 0 Å². The fourth-order valence-corrected chi connectivity index (χ4v) is 2.82. The first kappa shape index (κ1) is 16.9. The molecule has 2 aromatic carbocycles. The molecule has 0 aliphatic rings. The lowest BCUT2D eigenvalue weighted by Crippen LogP contribution is -2.21. The lowest BCUT2D eigenvalue weighted by atomic mass is 10.1.